The summed E-state index contributed by atoms with van der Waals surface area (Å²) in [6.07, 6.45) is 0. The van der Waals surface area contributed by atoms with Crippen LogP contribution in [0.25, 0.3) is 0 Å². The number of aryl methyl sites for hydroxylation is 1. The van der Waals surface area contributed by atoms with E-state index in [2.05, 4.69) is 0 Å². The maximum atomic E-state index is 14.7. The predicted molar refractivity (Wildman–Crippen MR) is 88.3 cm³/mol. The van der Waals surface area contributed by atoms with Crippen molar-refractivity contribution in [2.45, 2.75) is 6.92 Å². The van der Waals surface area contributed by atoms with Crippen LogP contribution in [-0.4, -0.2) is 14.1 Å². The zero-order valence-electron chi connectivity index (χ0n) is 14.7. The molecule has 0 saturated heterocycles. The summed E-state index contributed by atoms with van der Waals surface area (Å²) in [4.78, 5) is 0. The minimum absolute atomic E-state index is 0.235. The number of rotatable bonds is 3. The Balaban J connectivity index is 2.58. The van der Waals surface area contributed by atoms with Gasteiger partial charge in [-0.15, -0.1) is 0 Å². The monoisotopic (exact) mass is 452 g/mol. The smallest absolute Gasteiger partial charge is 0.208 e. The molecule has 0 aliphatic carbocycles. The first-order valence-electron chi connectivity index (χ1n) is 8.07. The van der Waals surface area contributed by atoms with E-state index >= 15 is 0 Å². The first-order chi connectivity index (χ1) is 14.0. The van der Waals surface area contributed by atoms with Crippen molar-refractivity contribution in [3.05, 3.63) is 88.0 Å². The molecule has 0 fully saturated rings. The van der Waals surface area contributed by atoms with Gasteiger partial charge < -0.3 is 0 Å². The predicted octanol–water partition coefficient (Wildman–Crippen LogP) is 3.90. The van der Waals surface area contributed by atoms with E-state index in [0.717, 1.165) is 13.0 Å². The molecule has 0 saturated carbocycles. The molecular weight excluding hydrogens is 445 g/mol. The first-order valence-corrected chi connectivity index (χ1v) is 9.80. The fourth-order valence-corrected chi connectivity index (χ4v) is 6.35. The molecule has 0 atom stereocenters. The Morgan fingerprint density at radius 1 is 0.467 bits per heavy atom. The van der Waals surface area contributed by atoms with Gasteiger partial charge in [-0.25, -0.2) is 43.9 Å². The van der Waals surface area contributed by atoms with Crippen LogP contribution in [0.4, 0.5) is 43.9 Å². The van der Waals surface area contributed by atoms with Crippen molar-refractivity contribution in [2.75, 3.05) is 0 Å². The fraction of sp³-hybridized carbons (Fsp3) is 0.0526. The van der Waals surface area contributed by atoms with Gasteiger partial charge in [0.25, 0.3) is 0 Å². The van der Waals surface area contributed by atoms with Crippen LogP contribution in [0.2, 0.25) is 0 Å². The molecule has 0 nitrogen and oxygen atoms in total. The molecule has 0 heterocycles. The van der Waals surface area contributed by atoms with E-state index in [1.54, 1.807) is 0 Å². The molecule has 0 amide bonds. The maximum Gasteiger partial charge on any atom is 0.412 e. The Morgan fingerprint density at radius 3 is 1.20 bits per heavy atom. The van der Waals surface area contributed by atoms with Gasteiger partial charge in [-0.2, -0.15) is 0 Å². The highest BCUT2D eigenvalue weighted by atomic mass is 27.2. The number of benzene rings is 3. The number of hydrogen-bond donors (Lipinski definition) is 0. The number of hydrogen-bond acceptors (Lipinski definition) is 0. The van der Waals surface area contributed by atoms with Gasteiger partial charge in [-0.05, 0) is 31.8 Å². The van der Waals surface area contributed by atoms with E-state index < -0.39 is 85.6 Å². The van der Waals surface area contributed by atoms with Crippen LogP contribution >= 0.6 is 0 Å². The highest BCUT2D eigenvalue weighted by Crippen LogP contribution is 2.18. The lowest BCUT2D eigenvalue weighted by Crippen LogP contribution is -2.60. The van der Waals surface area contributed by atoms with Crippen LogP contribution in [0.3, 0.4) is 0 Å². The minimum Gasteiger partial charge on any atom is -0.208 e. The van der Waals surface area contributed by atoms with E-state index in [-0.39, 0.29) is 17.7 Å². The van der Waals surface area contributed by atoms with Crippen LogP contribution < -0.4 is 13.3 Å². The van der Waals surface area contributed by atoms with Gasteiger partial charge in [0.05, 0.1) is 0 Å². The van der Waals surface area contributed by atoms with E-state index in [1.165, 1.54) is 0 Å². The summed E-state index contributed by atoms with van der Waals surface area (Å²) in [6, 6.07) is 0.977. The second-order valence-electron chi connectivity index (χ2n) is 6.29. The maximum absolute atomic E-state index is 14.7. The van der Waals surface area contributed by atoms with Crippen LogP contribution in [0.1, 0.15) is 5.56 Å². The lowest BCUT2D eigenvalue weighted by atomic mass is 10.2. The van der Waals surface area contributed by atoms with E-state index in [4.69, 9.17) is 0 Å². The standard InChI is InChI=1S/C7H5F2.2C6HF4.Al/c1-5-2-3-6(8)4-7(5)9;2*7-3-1-4(8)6(10)2-5(3)9;/h2-3H,1H3;2*1H;. The quantitative estimate of drug-likeness (QED) is 0.322. The first kappa shape index (κ1) is 22.2. The Hall–Kier alpha value is -2.51. The van der Waals surface area contributed by atoms with Gasteiger partial charge in [-0.1, -0.05) is 6.07 Å². The van der Waals surface area contributed by atoms with Crippen molar-refractivity contribution >= 4 is 27.4 Å². The highest BCUT2D eigenvalue weighted by molar-refractivity contribution is 6.95. The van der Waals surface area contributed by atoms with E-state index in [0.29, 0.717) is 6.07 Å². The van der Waals surface area contributed by atoms with Gasteiger partial charge in [0.1, 0.15) is 34.9 Å². The third-order valence-corrected chi connectivity index (χ3v) is 7.75. The Morgan fingerprint density at radius 2 is 0.833 bits per heavy atom. The van der Waals surface area contributed by atoms with Crippen LogP contribution in [0.5, 0.6) is 0 Å². The Kier molecular flexibility index (Phi) is 5.89. The largest absolute Gasteiger partial charge is 0.412 e. The third-order valence-electron chi connectivity index (χ3n) is 4.48. The van der Waals surface area contributed by atoms with Gasteiger partial charge >= 0.3 is 14.1 Å². The molecule has 0 spiro atoms. The third kappa shape index (κ3) is 3.46. The van der Waals surface area contributed by atoms with E-state index in [9.17, 15) is 43.9 Å². The average molecular weight is 452 g/mol. The molecule has 0 aliphatic heterocycles. The van der Waals surface area contributed by atoms with Gasteiger partial charge in [0, 0.05) is 12.1 Å². The SMILES string of the molecule is Cc1ccc(F)[c]([Al]([c]2c(F)c(F)cc(F)c2F)[c]2c(F)c(F)cc(F)c2F)c1F. The van der Waals surface area contributed by atoms with Crippen LogP contribution in [-0.2, 0) is 0 Å². The lowest BCUT2D eigenvalue weighted by molar-refractivity contribution is 0.459. The lowest BCUT2D eigenvalue weighted by Gasteiger charge is -2.20. The molecular formula is C19H7AlF10. The zero-order chi connectivity index (χ0) is 22.5. The molecule has 11 heteroatoms. The van der Waals surface area contributed by atoms with Crippen molar-refractivity contribution in [3.8, 4) is 0 Å². The minimum atomic E-state index is -4.90. The summed E-state index contributed by atoms with van der Waals surface area (Å²) in [6.45, 7) is 1.06. The van der Waals surface area contributed by atoms with Gasteiger partial charge in [0.15, 0.2) is 23.3 Å². The molecule has 0 N–H and O–H groups in total. The van der Waals surface area contributed by atoms with Crippen molar-refractivity contribution < 1.29 is 43.9 Å². The molecule has 0 radical (unpaired) electrons. The van der Waals surface area contributed by atoms with Gasteiger partial charge in [0.2, 0.25) is 0 Å². The summed E-state index contributed by atoms with van der Waals surface area (Å²) >= 11 is -4.90. The molecule has 0 unspecified atom stereocenters. The van der Waals surface area contributed by atoms with Crippen molar-refractivity contribution in [2.24, 2.45) is 0 Å². The molecule has 0 aromatic heterocycles. The summed E-state index contributed by atoms with van der Waals surface area (Å²) in [5.41, 5.74) is -0.362. The highest BCUT2D eigenvalue weighted by Gasteiger charge is 2.43. The van der Waals surface area contributed by atoms with Crippen molar-refractivity contribution in [1.29, 1.82) is 0 Å². The molecule has 0 aliphatic rings. The van der Waals surface area contributed by atoms with Crippen LogP contribution in [0.15, 0.2) is 24.3 Å². The van der Waals surface area contributed by atoms with Gasteiger partial charge in [-0.3, -0.25) is 0 Å². The fourth-order valence-electron chi connectivity index (χ4n) is 3.07. The van der Waals surface area contributed by atoms with E-state index in [1.807, 2.05) is 0 Å². The van der Waals surface area contributed by atoms with Crippen molar-refractivity contribution in [3.63, 3.8) is 0 Å². The molecule has 3 aromatic carbocycles. The molecule has 0 bridgehead atoms. The van der Waals surface area contributed by atoms with Crippen LogP contribution in [0, 0.1) is 65.1 Å². The summed E-state index contributed by atoms with van der Waals surface area (Å²) < 4.78 is 137. The second kappa shape index (κ2) is 7.96. The Bertz CT molecular complexity index is 1060. The zero-order valence-corrected chi connectivity index (χ0v) is 15.8. The number of halogens is 10. The molecule has 3 rings (SSSR count). The summed E-state index contributed by atoms with van der Waals surface area (Å²) in [5, 5.41) is 0. The molecule has 30 heavy (non-hydrogen) atoms. The topological polar surface area (TPSA) is 0 Å². The Labute approximate surface area is 166 Å². The average Bonchev–Trinajstić information content (AvgIpc) is 2.68. The summed E-state index contributed by atoms with van der Waals surface area (Å²) in [5.74, 6) is -20.1. The molecule has 156 valence electrons. The van der Waals surface area contributed by atoms with Crippen molar-refractivity contribution in [1.82, 2.24) is 0 Å². The molecule has 3 aromatic rings. The summed E-state index contributed by atoms with van der Waals surface area (Å²) in [7, 11) is 0. The normalized spacial score (nSPS) is 11.2. The second-order valence-corrected chi connectivity index (χ2v) is 8.89.